The van der Waals surface area contributed by atoms with E-state index in [0.717, 1.165) is 32.4 Å². The molecule has 0 amide bonds. The molecule has 0 spiro atoms. The van der Waals surface area contributed by atoms with Gasteiger partial charge in [0.2, 0.25) is 0 Å². The van der Waals surface area contributed by atoms with E-state index in [9.17, 15) is 5.11 Å². The Bertz CT molecular complexity index is 576. The predicted molar refractivity (Wildman–Crippen MR) is 91.1 cm³/mol. The Hall–Kier alpha value is -1.20. The minimum absolute atomic E-state index is 0.532. The number of nitrogens with one attached hydrogen (secondary N) is 1. The third kappa shape index (κ3) is 4.17. The second kappa shape index (κ2) is 7.38. The van der Waals surface area contributed by atoms with Crippen molar-refractivity contribution in [2.75, 3.05) is 19.8 Å². The monoisotopic (exact) mass is 317 g/mol. The van der Waals surface area contributed by atoms with E-state index in [-0.39, 0.29) is 0 Å². The quantitative estimate of drug-likeness (QED) is 0.802. The molecule has 1 aromatic heterocycles. The van der Waals surface area contributed by atoms with Gasteiger partial charge in [-0.1, -0.05) is 30.3 Å². The van der Waals surface area contributed by atoms with Crippen molar-refractivity contribution >= 4 is 11.3 Å². The highest BCUT2D eigenvalue weighted by molar-refractivity contribution is 7.15. The fourth-order valence-corrected chi connectivity index (χ4v) is 3.75. The molecule has 2 N–H and O–H groups in total. The number of thiophene rings is 1. The summed E-state index contributed by atoms with van der Waals surface area (Å²) in [5.41, 5.74) is 0.742. The summed E-state index contributed by atoms with van der Waals surface area (Å²) in [6.07, 6.45) is 2.31. The van der Waals surface area contributed by atoms with Gasteiger partial charge in [-0.2, -0.15) is 0 Å². The van der Waals surface area contributed by atoms with Gasteiger partial charge >= 0.3 is 0 Å². The predicted octanol–water partition coefficient (Wildman–Crippen LogP) is 3.44. The first-order chi connectivity index (χ1) is 10.8. The van der Waals surface area contributed by atoms with Crippen LogP contribution in [-0.2, 0) is 11.3 Å². The SMILES string of the molecule is OC1(CCNCc2ccc(-c3ccccc3)s2)CCOCC1. The molecule has 22 heavy (non-hydrogen) atoms. The van der Waals surface area contributed by atoms with E-state index in [0.29, 0.717) is 13.2 Å². The van der Waals surface area contributed by atoms with E-state index in [1.807, 2.05) is 17.4 Å². The maximum Gasteiger partial charge on any atom is 0.0703 e. The van der Waals surface area contributed by atoms with Crippen molar-refractivity contribution in [1.82, 2.24) is 5.32 Å². The molecular formula is C18H23NO2S. The molecule has 1 aromatic carbocycles. The molecule has 1 aliphatic heterocycles. The first-order valence-corrected chi connectivity index (χ1v) is 8.72. The summed E-state index contributed by atoms with van der Waals surface area (Å²) in [5.74, 6) is 0. The number of aliphatic hydroxyl groups is 1. The van der Waals surface area contributed by atoms with Gasteiger partial charge in [-0.05, 0) is 43.5 Å². The molecule has 3 rings (SSSR count). The Kier molecular flexibility index (Phi) is 5.26. The second-order valence-electron chi connectivity index (χ2n) is 5.90. The summed E-state index contributed by atoms with van der Waals surface area (Å²) in [4.78, 5) is 2.64. The molecule has 0 radical (unpaired) electrons. The van der Waals surface area contributed by atoms with Gasteiger partial charge in [-0.3, -0.25) is 0 Å². The standard InChI is InChI=1S/C18H23NO2S/c20-18(9-12-21-13-10-18)8-11-19-14-16-6-7-17(22-16)15-4-2-1-3-5-15/h1-7,19-20H,8-14H2. The number of ether oxygens (including phenoxy) is 1. The average Bonchev–Trinajstić information content (AvgIpc) is 3.02. The number of hydrogen-bond acceptors (Lipinski definition) is 4. The molecule has 0 bridgehead atoms. The highest BCUT2D eigenvalue weighted by Gasteiger charge is 2.28. The average molecular weight is 317 g/mol. The molecule has 0 atom stereocenters. The van der Waals surface area contributed by atoms with Crippen LogP contribution in [0.25, 0.3) is 10.4 Å². The largest absolute Gasteiger partial charge is 0.390 e. The zero-order valence-electron chi connectivity index (χ0n) is 12.8. The number of rotatable bonds is 6. The molecular weight excluding hydrogens is 294 g/mol. The van der Waals surface area contributed by atoms with Crippen molar-refractivity contribution in [1.29, 1.82) is 0 Å². The second-order valence-corrected chi connectivity index (χ2v) is 7.06. The van der Waals surface area contributed by atoms with Gasteiger partial charge in [0.05, 0.1) is 5.60 Å². The molecule has 2 aromatic rings. The van der Waals surface area contributed by atoms with Gasteiger partial charge in [0.15, 0.2) is 0 Å². The fraction of sp³-hybridized carbons (Fsp3) is 0.444. The van der Waals surface area contributed by atoms with Gasteiger partial charge in [0.1, 0.15) is 0 Å². The van der Waals surface area contributed by atoms with Crippen molar-refractivity contribution in [3.63, 3.8) is 0 Å². The molecule has 118 valence electrons. The molecule has 0 unspecified atom stereocenters. The molecule has 1 aliphatic rings. The normalized spacial score (nSPS) is 17.5. The highest BCUT2D eigenvalue weighted by Crippen LogP contribution is 2.28. The topological polar surface area (TPSA) is 41.5 Å². The van der Waals surface area contributed by atoms with Crippen LogP contribution in [0.4, 0.5) is 0 Å². The minimum atomic E-state index is -0.532. The van der Waals surface area contributed by atoms with E-state index in [4.69, 9.17) is 4.74 Å². The van der Waals surface area contributed by atoms with Gasteiger partial charge in [-0.15, -0.1) is 11.3 Å². The van der Waals surface area contributed by atoms with Crippen LogP contribution >= 0.6 is 11.3 Å². The van der Waals surface area contributed by atoms with E-state index < -0.39 is 5.60 Å². The summed E-state index contributed by atoms with van der Waals surface area (Å²) in [6, 6.07) is 14.8. The Morgan fingerprint density at radius 2 is 1.86 bits per heavy atom. The lowest BCUT2D eigenvalue weighted by Gasteiger charge is -2.32. The zero-order chi connectivity index (χ0) is 15.3. The van der Waals surface area contributed by atoms with E-state index in [2.05, 4.69) is 41.7 Å². The third-order valence-electron chi connectivity index (χ3n) is 4.21. The van der Waals surface area contributed by atoms with Gasteiger partial charge in [0, 0.05) is 29.5 Å². The van der Waals surface area contributed by atoms with Crippen molar-refractivity contribution in [2.24, 2.45) is 0 Å². The smallest absolute Gasteiger partial charge is 0.0703 e. The van der Waals surface area contributed by atoms with Gasteiger partial charge in [-0.25, -0.2) is 0 Å². The van der Waals surface area contributed by atoms with Crippen molar-refractivity contribution in [3.8, 4) is 10.4 Å². The summed E-state index contributed by atoms with van der Waals surface area (Å²) < 4.78 is 5.31. The number of benzene rings is 1. The molecule has 4 heteroatoms. The fourth-order valence-electron chi connectivity index (χ4n) is 2.76. The summed E-state index contributed by atoms with van der Waals surface area (Å²) in [5, 5.41) is 13.9. The van der Waals surface area contributed by atoms with Crippen LogP contribution < -0.4 is 5.32 Å². The lowest BCUT2D eigenvalue weighted by atomic mass is 9.91. The lowest BCUT2D eigenvalue weighted by Crippen LogP contribution is -2.38. The Morgan fingerprint density at radius 1 is 1.09 bits per heavy atom. The van der Waals surface area contributed by atoms with E-state index >= 15 is 0 Å². The summed E-state index contributed by atoms with van der Waals surface area (Å²) in [7, 11) is 0. The molecule has 0 aliphatic carbocycles. The van der Waals surface area contributed by atoms with Crippen LogP contribution in [0.2, 0.25) is 0 Å². The van der Waals surface area contributed by atoms with E-state index in [1.165, 1.54) is 15.3 Å². The van der Waals surface area contributed by atoms with Crippen molar-refractivity contribution in [3.05, 3.63) is 47.3 Å². The van der Waals surface area contributed by atoms with Gasteiger partial charge in [0.25, 0.3) is 0 Å². The molecule has 1 saturated heterocycles. The first-order valence-electron chi connectivity index (χ1n) is 7.90. The highest BCUT2D eigenvalue weighted by atomic mass is 32.1. The Balaban J connectivity index is 1.45. The van der Waals surface area contributed by atoms with E-state index in [1.54, 1.807) is 0 Å². The van der Waals surface area contributed by atoms with Gasteiger partial charge < -0.3 is 15.2 Å². The summed E-state index contributed by atoms with van der Waals surface area (Å²) in [6.45, 7) is 3.07. The zero-order valence-corrected chi connectivity index (χ0v) is 13.6. The molecule has 0 saturated carbocycles. The maximum absolute atomic E-state index is 10.4. The van der Waals surface area contributed by atoms with Crippen LogP contribution in [0.15, 0.2) is 42.5 Å². The van der Waals surface area contributed by atoms with Crippen LogP contribution in [-0.4, -0.2) is 30.5 Å². The van der Waals surface area contributed by atoms with Crippen molar-refractivity contribution < 1.29 is 9.84 Å². The molecule has 3 nitrogen and oxygen atoms in total. The minimum Gasteiger partial charge on any atom is -0.390 e. The maximum atomic E-state index is 10.4. The molecule has 2 heterocycles. The lowest BCUT2D eigenvalue weighted by molar-refractivity contribution is -0.0673. The Morgan fingerprint density at radius 3 is 2.64 bits per heavy atom. The molecule has 1 fully saturated rings. The van der Waals surface area contributed by atoms with Crippen molar-refractivity contribution in [2.45, 2.75) is 31.4 Å². The van der Waals surface area contributed by atoms with Crippen LogP contribution in [0.1, 0.15) is 24.1 Å². The number of hydrogen-bond donors (Lipinski definition) is 2. The first kappa shape index (κ1) is 15.7. The van der Waals surface area contributed by atoms with Crippen LogP contribution in [0, 0.1) is 0 Å². The summed E-state index contributed by atoms with van der Waals surface area (Å²) >= 11 is 1.83. The Labute approximate surface area is 136 Å². The third-order valence-corrected chi connectivity index (χ3v) is 5.34. The van der Waals surface area contributed by atoms with Crippen LogP contribution in [0.3, 0.4) is 0 Å². The van der Waals surface area contributed by atoms with Crippen LogP contribution in [0.5, 0.6) is 0 Å².